The van der Waals surface area contributed by atoms with Gasteiger partial charge in [-0.25, -0.2) is 9.97 Å². The summed E-state index contributed by atoms with van der Waals surface area (Å²) in [6.07, 6.45) is 4.64. The maximum absolute atomic E-state index is 5.57. The van der Waals surface area contributed by atoms with E-state index in [1.807, 2.05) is 24.5 Å². The molecule has 0 amide bonds. The van der Waals surface area contributed by atoms with E-state index in [0.29, 0.717) is 6.61 Å². The summed E-state index contributed by atoms with van der Waals surface area (Å²) in [5, 5.41) is 0. The highest BCUT2D eigenvalue weighted by Gasteiger charge is 2.35. The maximum Gasteiger partial charge on any atom is 0.142 e. The zero-order valence-corrected chi connectivity index (χ0v) is 16.8. The topological polar surface area (TPSA) is 50.7 Å². The second kappa shape index (κ2) is 8.67. The van der Waals surface area contributed by atoms with Gasteiger partial charge < -0.3 is 14.4 Å². The molecule has 0 atom stereocenters. The van der Waals surface area contributed by atoms with E-state index < -0.39 is 0 Å². The summed E-state index contributed by atoms with van der Waals surface area (Å²) in [7, 11) is 3.43. The predicted molar refractivity (Wildman–Crippen MR) is 107 cm³/mol. The Kier molecular flexibility index (Phi) is 6.29. The molecule has 0 bridgehead atoms. The van der Waals surface area contributed by atoms with E-state index in [4.69, 9.17) is 9.47 Å². The van der Waals surface area contributed by atoms with E-state index >= 15 is 0 Å². The van der Waals surface area contributed by atoms with Gasteiger partial charge in [0.25, 0.3) is 0 Å². The summed E-state index contributed by atoms with van der Waals surface area (Å²) in [6.45, 7) is 9.02. The molecule has 1 aliphatic rings. The van der Waals surface area contributed by atoms with Crippen molar-refractivity contribution in [3.63, 3.8) is 0 Å². The second-order valence-corrected chi connectivity index (χ2v) is 7.60. The molecule has 1 saturated heterocycles. The van der Waals surface area contributed by atoms with Crippen LogP contribution >= 0.6 is 0 Å². The fraction of sp³-hybridized carbons (Fsp3) is 0.524. The monoisotopic (exact) mass is 370 g/mol. The minimum Gasteiger partial charge on any atom is -0.495 e. The first kappa shape index (κ1) is 19.6. The van der Waals surface area contributed by atoms with Crippen molar-refractivity contribution >= 4 is 5.69 Å². The molecule has 0 N–H and O–H groups in total. The highest BCUT2D eigenvalue weighted by molar-refractivity contribution is 5.60. The molecule has 6 nitrogen and oxygen atoms in total. The lowest BCUT2D eigenvalue weighted by Gasteiger charge is -2.48. The number of rotatable bonds is 7. The third kappa shape index (κ3) is 4.76. The number of hydrogen-bond donors (Lipinski definition) is 0. The number of nitrogens with zero attached hydrogens (tertiary/aromatic N) is 4. The first-order valence-electron chi connectivity index (χ1n) is 9.45. The Labute approximate surface area is 162 Å². The molecule has 146 valence electrons. The van der Waals surface area contributed by atoms with Gasteiger partial charge in [-0.1, -0.05) is 12.1 Å². The van der Waals surface area contributed by atoms with Crippen molar-refractivity contribution in [3.05, 3.63) is 48.0 Å². The van der Waals surface area contributed by atoms with Crippen molar-refractivity contribution in [2.24, 2.45) is 0 Å². The lowest BCUT2D eigenvalue weighted by Crippen LogP contribution is -2.59. The second-order valence-electron chi connectivity index (χ2n) is 7.60. The molecule has 0 saturated carbocycles. The van der Waals surface area contributed by atoms with Crippen molar-refractivity contribution in [2.45, 2.75) is 32.4 Å². The molecule has 2 aromatic rings. The molecule has 6 heteroatoms. The van der Waals surface area contributed by atoms with Crippen LogP contribution in [-0.2, 0) is 17.7 Å². The molecular weight excluding hydrogens is 340 g/mol. The van der Waals surface area contributed by atoms with Gasteiger partial charge in [-0.15, -0.1) is 0 Å². The number of benzene rings is 1. The van der Waals surface area contributed by atoms with Crippen molar-refractivity contribution in [2.75, 3.05) is 45.4 Å². The Hall–Kier alpha value is -2.18. The van der Waals surface area contributed by atoms with Crippen LogP contribution in [0.2, 0.25) is 0 Å². The van der Waals surface area contributed by atoms with E-state index in [9.17, 15) is 0 Å². The number of aromatic nitrogens is 2. The molecule has 2 heterocycles. The summed E-state index contributed by atoms with van der Waals surface area (Å²) in [4.78, 5) is 13.8. The van der Waals surface area contributed by atoms with Gasteiger partial charge in [0, 0.05) is 63.2 Å². The molecule has 0 spiro atoms. The average molecular weight is 370 g/mol. The number of ether oxygens (including phenoxy) is 2. The third-order valence-corrected chi connectivity index (χ3v) is 5.05. The normalized spacial score (nSPS) is 17.1. The van der Waals surface area contributed by atoms with Gasteiger partial charge in [-0.2, -0.15) is 0 Å². The summed E-state index contributed by atoms with van der Waals surface area (Å²) >= 11 is 0. The van der Waals surface area contributed by atoms with Gasteiger partial charge in [0.05, 0.1) is 19.4 Å². The molecule has 0 unspecified atom stereocenters. The SMILES string of the molecule is COCCc1ncc(CN2CCN(c3ccccc3OC)C(C)(C)C2)cn1. The summed E-state index contributed by atoms with van der Waals surface area (Å²) in [5.74, 6) is 1.76. The standard InChI is InChI=1S/C21H30N4O2/c1-21(2)16-24(15-17-13-22-20(23-14-17)9-12-26-3)10-11-25(21)18-7-5-6-8-19(18)27-4/h5-8,13-14H,9-12,15-16H2,1-4H3. The summed E-state index contributed by atoms with van der Waals surface area (Å²) in [5.41, 5.74) is 2.32. The third-order valence-electron chi connectivity index (χ3n) is 5.05. The fourth-order valence-electron chi connectivity index (χ4n) is 3.73. The van der Waals surface area contributed by atoms with Gasteiger partial charge in [-0.05, 0) is 26.0 Å². The molecule has 0 radical (unpaired) electrons. The highest BCUT2D eigenvalue weighted by atomic mass is 16.5. The number of para-hydroxylation sites is 2. The molecule has 1 aromatic carbocycles. The number of piperazine rings is 1. The molecule has 3 rings (SSSR count). The molecule has 27 heavy (non-hydrogen) atoms. The van der Waals surface area contributed by atoms with Crippen molar-refractivity contribution in [1.82, 2.24) is 14.9 Å². The molecule has 0 aliphatic carbocycles. The van der Waals surface area contributed by atoms with Crippen molar-refractivity contribution in [3.8, 4) is 5.75 Å². The van der Waals surface area contributed by atoms with Gasteiger partial charge in [0.2, 0.25) is 0 Å². The van der Waals surface area contributed by atoms with E-state index in [1.165, 1.54) is 0 Å². The molecular formula is C21H30N4O2. The van der Waals surface area contributed by atoms with Crippen molar-refractivity contribution in [1.29, 1.82) is 0 Å². The Morgan fingerprint density at radius 1 is 1.07 bits per heavy atom. The Balaban J connectivity index is 1.65. The average Bonchev–Trinajstić information content (AvgIpc) is 2.67. The van der Waals surface area contributed by atoms with Gasteiger partial charge in [0.1, 0.15) is 11.6 Å². The first-order chi connectivity index (χ1) is 13.0. The van der Waals surface area contributed by atoms with Crippen LogP contribution in [0.4, 0.5) is 5.69 Å². The molecule has 1 aliphatic heterocycles. The van der Waals surface area contributed by atoms with Crippen LogP contribution in [0.5, 0.6) is 5.75 Å². The minimum absolute atomic E-state index is 0.00610. The van der Waals surface area contributed by atoms with Gasteiger partial charge in [-0.3, -0.25) is 4.90 Å². The van der Waals surface area contributed by atoms with E-state index in [-0.39, 0.29) is 5.54 Å². The van der Waals surface area contributed by atoms with Crippen molar-refractivity contribution < 1.29 is 9.47 Å². The molecule has 1 aromatic heterocycles. The summed E-state index contributed by atoms with van der Waals surface area (Å²) in [6, 6.07) is 8.26. The van der Waals surface area contributed by atoms with Crippen LogP contribution in [-0.4, -0.2) is 60.9 Å². The van der Waals surface area contributed by atoms with Gasteiger partial charge >= 0.3 is 0 Å². The lowest BCUT2D eigenvalue weighted by atomic mass is 9.97. The Morgan fingerprint density at radius 2 is 1.81 bits per heavy atom. The zero-order valence-electron chi connectivity index (χ0n) is 16.8. The molecule has 1 fully saturated rings. The number of methoxy groups -OCH3 is 2. The number of hydrogen-bond acceptors (Lipinski definition) is 6. The van der Waals surface area contributed by atoms with E-state index in [1.54, 1.807) is 14.2 Å². The quantitative estimate of drug-likeness (QED) is 0.747. The van der Waals surface area contributed by atoms with Crippen LogP contribution in [0.25, 0.3) is 0 Å². The maximum atomic E-state index is 5.57. The van der Waals surface area contributed by atoms with Crippen LogP contribution in [0, 0.1) is 0 Å². The smallest absolute Gasteiger partial charge is 0.142 e. The van der Waals surface area contributed by atoms with E-state index in [0.717, 1.165) is 55.4 Å². The largest absolute Gasteiger partial charge is 0.495 e. The van der Waals surface area contributed by atoms with E-state index in [2.05, 4.69) is 45.7 Å². The predicted octanol–water partition coefficient (Wildman–Crippen LogP) is 2.77. The van der Waals surface area contributed by atoms with Crippen LogP contribution in [0.3, 0.4) is 0 Å². The minimum atomic E-state index is 0.00610. The van der Waals surface area contributed by atoms with Gasteiger partial charge in [0.15, 0.2) is 0 Å². The fourth-order valence-corrected chi connectivity index (χ4v) is 3.73. The Morgan fingerprint density at radius 3 is 2.48 bits per heavy atom. The number of anilines is 1. The summed E-state index contributed by atoms with van der Waals surface area (Å²) < 4.78 is 10.7. The van der Waals surface area contributed by atoms with Crippen LogP contribution in [0.15, 0.2) is 36.7 Å². The lowest BCUT2D eigenvalue weighted by molar-refractivity contribution is 0.174. The van der Waals surface area contributed by atoms with Crippen LogP contribution in [0.1, 0.15) is 25.2 Å². The highest BCUT2D eigenvalue weighted by Crippen LogP contribution is 2.35. The Bertz CT molecular complexity index is 733. The first-order valence-corrected chi connectivity index (χ1v) is 9.45. The zero-order chi connectivity index (χ0) is 19.3. The van der Waals surface area contributed by atoms with Crippen LogP contribution < -0.4 is 9.64 Å².